The molecule has 0 amide bonds. The first-order valence-corrected chi connectivity index (χ1v) is 7.97. The molecule has 0 unspecified atom stereocenters. The van der Waals surface area contributed by atoms with Gasteiger partial charge < -0.3 is 15.4 Å². The van der Waals surface area contributed by atoms with Gasteiger partial charge in [-0.25, -0.2) is 4.98 Å². The minimum Gasteiger partial charge on any atom is -0.435 e. The summed E-state index contributed by atoms with van der Waals surface area (Å²) >= 11 is 0. The van der Waals surface area contributed by atoms with Gasteiger partial charge in [0.25, 0.3) is 0 Å². The van der Waals surface area contributed by atoms with Crippen molar-refractivity contribution in [1.29, 1.82) is 0 Å². The fourth-order valence-corrected chi connectivity index (χ4v) is 2.31. The smallest absolute Gasteiger partial charge is 0.387 e. The lowest BCUT2D eigenvalue weighted by Gasteiger charge is -2.13. The Morgan fingerprint density at radius 3 is 2.42 bits per heavy atom. The monoisotopic (exact) mass is 334 g/mol. The highest BCUT2D eigenvalue weighted by Gasteiger charge is 2.26. The van der Waals surface area contributed by atoms with Gasteiger partial charge in [0, 0.05) is 23.7 Å². The van der Waals surface area contributed by atoms with Crippen LogP contribution in [0.15, 0.2) is 30.3 Å². The van der Waals surface area contributed by atoms with Crippen LogP contribution in [0.2, 0.25) is 0 Å². The van der Waals surface area contributed by atoms with E-state index in [1.54, 1.807) is 12.1 Å². The predicted molar refractivity (Wildman–Crippen MR) is 89.1 cm³/mol. The Bertz CT molecular complexity index is 687. The zero-order valence-corrected chi connectivity index (χ0v) is 13.6. The van der Waals surface area contributed by atoms with E-state index in [0.717, 1.165) is 24.2 Å². The number of halogens is 2. The Morgan fingerprint density at radius 1 is 1.12 bits per heavy atom. The summed E-state index contributed by atoms with van der Waals surface area (Å²) in [6, 6.07) is 8.50. The first-order chi connectivity index (χ1) is 11.5. The number of aromatic nitrogens is 2. The first-order valence-electron chi connectivity index (χ1n) is 7.97. The highest BCUT2D eigenvalue weighted by molar-refractivity contribution is 5.59. The molecule has 1 saturated carbocycles. The molecule has 3 rings (SSSR count). The van der Waals surface area contributed by atoms with Crippen molar-refractivity contribution < 1.29 is 13.5 Å². The zero-order chi connectivity index (χ0) is 17.1. The molecule has 5 nitrogen and oxygen atoms in total. The van der Waals surface area contributed by atoms with Crippen molar-refractivity contribution in [3.05, 3.63) is 36.0 Å². The summed E-state index contributed by atoms with van der Waals surface area (Å²) in [5.74, 6) is 1.90. The van der Waals surface area contributed by atoms with E-state index in [4.69, 9.17) is 0 Å². The highest BCUT2D eigenvalue weighted by atomic mass is 19.3. The van der Waals surface area contributed by atoms with Crippen LogP contribution in [0.1, 0.15) is 38.3 Å². The van der Waals surface area contributed by atoms with E-state index in [-0.39, 0.29) is 11.8 Å². The number of alkyl halides is 2. The summed E-state index contributed by atoms with van der Waals surface area (Å²) in [5.41, 5.74) is 1.76. The van der Waals surface area contributed by atoms with Crippen LogP contribution >= 0.6 is 0 Å². The molecule has 1 aliphatic rings. The van der Waals surface area contributed by atoms with Gasteiger partial charge in [-0.05, 0) is 51.0 Å². The second-order valence-electron chi connectivity index (χ2n) is 6.10. The van der Waals surface area contributed by atoms with Crippen LogP contribution in [0.4, 0.5) is 26.2 Å². The molecule has 1 heterocycles. The zero-order valence-electron chi connectivity index (χ0n) is 13.6. The molecule has 24 heavy (non-hydrogen) atoms. The summed E-state index contributed by atoms with van der Waals surface area (Å²) < 4.78 is 28.7. The number of nitrogens with zero attached hydrogens (tertiary/aromatic N) is 2. The third-order valence-corrected chi connectivity index (χ3v) is 3.51. The van der Waals surface area contributed by atoms with Gasteiger partial charge in [0.05, 0.1) is 5.69 Å². The molecule has 2 aromatic rings. The lowest BCUT2D eigenvalue weighted by molar-refractivity contribution is -0.0498. The largest absolute Gasteiger partial charge is 0.435 e. The van der Waals surface area contributed by atoms with E-state index in [1.807, 2.05) is 19.9 Å². The number of hydrogen-bond acceptors (Lipinski definition) is 5. The average Bonchev–Trinajstić information content (AvgIpc) is 3.32. The van der Waals surface area contributed by atoms with Crippen molar-refractivity contribution in [3.8, 4) is 5.75 Å². The van der Waals surface area contributed by atoms with Gasteiger partial charge in [-0.15, -0.1) is 0 Å². The van der Waals surface area contributed by atoms with Gasteiger partial charge in [0.2, 0.25) is 5.95 Å². The molecule has 0 spiro atoms. The Hall–Kier alpha value is -2.44. The lowest BCUT2D eigenvalue weighted by atomic mass is 10.2. The molecule has 0 saturated heterocycles. The Labute approximate surface area is 139 Å². The third-order valence-electron chi connectivity index (χ3n) is 3.51. The molecule has 0 atom stereocenters. The maximum Gasteiger partial charge on any atom is 0.387 e. The standard InChI is InChI=1S/C17H20F2N4O/c1-10(2)20-17-22-14(11-3-4-11)9-15(23-17)21-12-5-7-13(8-6-12)24-16(18)19/h5-11,16H,3-4H2,1-2H3,(H2,20,21,22,23). The summed E-state index contributed by atoms with van der Waals surface area (Å²) in [6.45, 7) is 1.24. The van der Waals surface area contributed by atoms with Crippen molar-refractivity contribution in [3.63, 3.8) is 0 Å². The molecule has 0 bridgehead atoms. The van der Waals surface area contributed by atoms with E-state index in [1.165, 1.54) is 12.1 Å². The topological polar surface area (TPSA) is 59.1 Å². The van der Waals surface area contributed by atoms with Gasteiger partial charge >= 0.3 is 6.61 Å². The molecule has 7 heteroatoms. The summed E-state index contributed by atoms with van der Waals surface area (Å²) in [7, 11) is 0. The van der Waals surface area contributed by atoms with E-state index < -0.39 is 6.61 Å². The van der Waals surface area contributed by atoms with Gasteiger partial charge in [0.15, 0.2) is 0 Å². The number of benzene rings is 1. The molecule has 1 aromatic carbocycles. The summed E-state index contributed by atoms with van der Waals surface area (Å²) in [5, 5.41) is 6.41. The van der Waals surface area contributed by atoms with Crippen LogP contribution in [0.5, 0.6) is 5.75 Å². The van der Waals surface area contributed by atoms with Gasteiger partial charge in [0.1, 0.15) is 11.6 Å². The molecule has 0 radical (unpaired) electrons. The molecule has 2 N–H and O–H groups in total. The molecule has 1 aliphatic carbocycles. The van der Waals surface area contributed by atoms with Gasteiger partial charge in [-0.3, -0.25) is 0 Å². The van der Waals surface area contributed by atoms with Crippen molar-refractivity contribution in [1.82, 2.24) is 9.97 Å². The van der Waals surface area contributed by atoms with Crippen molar-refractivity contribution in [2.45, 2.75) is 45.3 Å². The van der Waals surface area contributed by atoms with Crippen LogP contribution in [0.25, 0.3) is 0 Å². The van der Waals surface area contributed by atoms with Crippen molar-refractivity contribution in [2.75, 3.05) is 10.6 Å². The Kier molecular flexibility index (Phi) is 4.78. The molecular formula is C17H20F2N4O. The minimum absolute atomic E-state index is 0.124. The maximum absolute atomic E-state index is 12.2. The normalized spacial score (nSPS) is 14.1. The fourth-order valence-electron chi connectivity index (χ4n) is 2.31. The third kappa shape index (κ3) is 4.53. The number of nitrogens with one attached hydrogen (secondary N) is 2. The van der Waals surface area contributed by atoms with Crippen molar-refractivity contribution in [2.24, 2.45) is 0 Å². The number of ether oxygens (including phenoxy) is 1. The van der Waals surface area contributed by atoms with Crippen LogP contribution < -0.4 is 15.4 Å². The maximum atomic E-state index is 12.2. The first kappa shape index (κ1) is 16.4. The highest BCUT2D eigenvalue weighted by Crippen LogP contribution is 2.40. The lowest BCUT2D eigenvalue weighted by Crippen LogP contribution is -2.14. The van der Waals surface area contributed by atoms with Crippen LogP contribution in [0, 0.1) is 0 Å². The molecular weight excluding hydrogens is 314 g/mol. The second-order valence-corrected chi connectivity index (χ2v) is 6.10. The summed E-state index contributed by atoms with van der Waals surface area (Å²) in [6.07, 6.45) is 2.30. The quantitative estimate of drug-likeness (QED) is 0.779. The number of rotatable bonds is 7. The molecule has 1 aromatic heterocycles. The second kappa shape index (κ2) is 6.98. The molecule has 1 fully saturated rings. The minimum atomic E-state index is -2.82. The van der Waals surface area contributed by atoms with Crippen LogP contribution in [-0.2, 0) is 0 Å². The van der Waals surface area contributed by atoms with E-state index in [9.17, 15) is 8.78 Å². The number of hydrogen-bond donors (Lipinski definition) is 2. The molecule has 0 aliphatic heterocycles. The Morgan fingerprint density at radius 2 is 1.83 bits per heavy atom. The van der Waals surface area contributed by atoms with E-state index >= 15 is 0 Å². The number of anilines is 3. The fraction of sp³-hybridized carbons (Fsp3) is 0.412. The van der Waals surface area contributed by atoms with Gasteiger partial charge in [-0.1, -0.05) is 0 Å². The average molecular weight is 334 g/mol. The van der Waals surface area contributed by atoms with E-state index in [2.05, 4.69) is 25.3 Å². The van der Waals surface area contributed by atoms with E-state index in [0.29, 0.717) is 17.7 Å². The van der Waals surface area contributed by atoms with Crippen molar-refractivity contribution >= 4 is 17.5 Å². The predicted octanol–water partition coefficient (Wildman–Crippen LogP) is 4.52. The van der Waals surface area contributed by atoms with Crippen LogP contribution in [0.3, 0.4) is 0 Å². The summed E-state index contributed by atoms with van der Waals surface area (Å²) in [4.78, 5) is 9.02. The molecule has 128 valence electrons. The van der Waals surface area contributed by atoms with Crippen LogP contribution in [-0.4, -0.2) is 22.6 Å². The Balaban J connectivity index is 1.76. The SMILES string of the molecule is CC(C)Nc1nc(Nc2ccc(OC(F)F)cc2)cc(C2CC2)n1. The van der Waals surface area contributed by atoms with Gasteiger partial charge in [-0.2, -0.15) is 13.8 Å².